The maximum atomic E-state index is 12.3. The van der Waals surface area contributed by atoms with Crippen molar-refractivity contribution in [3.63, 3.8) is 0 Å². The zero-order chi connectivity index (χ0) is 21.9. The van der Waals surface area contributed by atoms with Crippen molar-refractivity contribution in [2.24, 2.45) is 0 Å². The van der Waals surface area contributed by atoms with Crippen molar-refractivity contribution in [1.82, 2.24) is 5.32 Å². The molecule has 0 aliphatic rings. The number of carbonyl (C=O) groups excluding carboxylic acids is 1. The van der Waals surface area contributed by atoms with Gasteiger partial charge in [0.1, 0.15) is 0 Å². The first kappa shape index (κ1) is 23.0. The second-order valence-corrected chi connectivity index (χ2v) is 6.19. The van der Waals surface area contributed by atoms with Gasteiger partial charge in [-0.2, -0.15) is 0 Å². The third kappa shape index (κ3) is 6.10. The lowest BCUT2D eigenvalue weighted by Gasteiger charge is -2.15. The van der Waals surface area contributed by atoms with Crippen LogP contribution in [0.5, 0.6) is 28.7 Å². The number of hydrogen-bond donors (Lipinski definition) is 2. The van der Waals surface area contributed by atoms with Gasteiger partial charge in [0.2, 0.25) is 5.75 Å². The smallest absolute Gasteiger partial charge is 0.319 e. The van der Waals surface area contributed by atoms with Gasteiger partial charge < -0.3 is 34.3 Å². The zero-order valence-electron chi connectivity index (χ0n) is 18.2. The number of anilines is 1. The van der Waals surface area contributed by atoms with E-state index in [0.717, 1.165) is 11.3 Å². The summed E-state index contributed by atoms with van der Waals surface area (Å²) in [6.07, 6.45) is 0.648. The predicted octanol–water partition coefficient (Wildman–Crippen LogP) is 3.87. The third-order valence-electron chi connectivity index (χ3n) is 4.23. The first-order valence-corrected chi connectivity index (χ1v) is 9.79. The molecule has 2 aromatic rings. The molecule has 30 heavy (non-hydrogen) atoms. The summed E-state index contributed by atoms with van der Waals surface area (Å²) in [6, 6.07) is 8.79. The molecule has 0 saturated heterocycles. The van der Waals surface area contributed by atoms with E-state index in [2.05, 4.69) is 10.6 Å². The molecule has 2 amide bonds. The Balaban J connectivity index is 1.96. The Labute approximate surface area is 177 Å². The molecular weight excluding hydrogens is 388 g/mol. The van der Waals surface area contributed by atoms with Crippen molar-refractivity contribution in [3.05, 3.63) is 35.9 Å². The van der Waals surface area contributed by atoms with Crippen LogP contribution >= 0.6 is 0 Å². The molecule has 0 atom stereocenters. The Morgan fingerprint density at radius 3 is 2.03 bits per heavy atom. The van der Waals surface area contributed by atoms with E-state index < -0.39 is 0 Å². The molecular formula is C22H30N2O6. The van der Waals surface area contributed by atoms with Crippen LogP contribution in [0.25, 0.3) is 0 Å². The maximum absolute atomic E-state index is 12.3. The van der Waals surface area contributed by atoms with E-state index >= 15 is 0 Å². The molecule has 8 nitrogen and oxygen atoms in total. The summed E-state index contributed by atoms with van der Waals surface area (Å²) < 4.78 is 27.1. The minimum Gasteiger partial charge on any atom is -0.493 e. The zero-order valence-corrected chi connectivity index (χ0v) is 18.2. The molecule has 0 aliphatic heterocycles. The van der Waals surface area contributed by atoms with Crippen molar-refractivity contribution in [2.75, 3.05) is 46.4 Å². The summed E-state index contributed by atoms with van der Waals surface area (Å²) in [6.45, 7) is 5.44. The molecule has 0 aromatic heterocycles. The number of rotatable bonds is 11. The number of urea groups is 1. The van der Waals surface area contributed by atoms with Crippen LogP contribution in [-0.4, -0.2) is 47.1 Å². The van der Waals surface area contributed by atoms with Gasteiger partial charge in [0, 0.05) is 18.7 Å². The summed E-state index contributed by atoms with van der Waals surface area (Å²) in [5, 5.41) is 5.62. The van der Waals surface area contributed by atoms with Gasteiger partial charge in [-0.05, 0) is 38.0 Å². The number of ether oxygens (including phenoxy) is 5. The van der Waals surface area contributed by atoms with Crippen LogP contribution in [0.15, 0.2) is 30.3 Å². The van der Waals surface area contributed by atoms with E-state index in [1.54, 1.807) is 12.1 Å². The van der Waals surface area contributed by atoms with Crippen molar-refractivity contribution < 1.29 is 28.5 Å². The Kier molecular flexibility index (Phi) is 8.93. The molecule has 0 aliphatic carbocycles. The SMILES string of the molecule is CCOc1ccc(CCNC(=O)Nc2cc(OC)c(OC)c(OC)c2)cc1OCC. The molecule has 2 aromatic carbocycles. The van der Waals surface area contributed by atoms with Gasteiger partial charge >= 0.3 is 6.03 Å². The standard InChI is InChI=1S/C22H30N2O6/c1-6-29-17-9-8-15(12-18(17)30-7-2)10-11-23-22(25)24-16-13-19(26-3)21(28-5)20(14-16)27-4/h8-9,12-14H,6-7,10-11H2,1-5H3,(H2,23,24,25). The van der Waals surface area contributed by atoms with Gasteiger partial charge in [0.25, 0.3) is 0 Å². The lowest BCUT2D eigenvalue weighted by Crippen LogP contribution is -2.30. The van der Waals surface area contributed by atoms with Gasteiger partial charge in [0.15, 0.2) is 23.0 Å². The minimum atomic E-state index is -0.333. The van der Waals surface area contributed by atoms with Gasteiger partial charge in [-0.15, -0.1) is 0 Å². The maximum Gasteiger partial charge on any atom is 0.319 e. The van der Waals surface area contributed by atoms with E-state index in [9.17, 15) is 4.79 Å². The van der Waals surface area contributed by atoms with Crippen LogP contribution in [0.3, 0.4) is 0 Å². The molecule has 0 heterocycles. The highest BCUT2D eigenvalue weighted by atomic mass is 16.5. The molecule has 2 rings (SSSR count). The van der Waals surface area contributed by atoms with E-state index in [4.69, 9.17) is 23.7 Å². The Hall–Kier alpha value is -3.29. The number of amides is 2. The van der Waals surface area contributed by atoms with Crippen molar-refractivity contribution in [1.29, 1.82) is 0 Å². The fraction of sp³-hybridized carbons (Fsp3) is 0.409. The fourth-order valence-corrected chi connectivity index (χ4v) is 2.90. The highest BCUT2D eigenvalue weighted by molar-refractivity contribution is 5.90. The van der Waals surface area contributed by atoms with Crippen LogP contribution in [0.1, 0.15) is 19.4 Å². The van der Waals surface area contributed by atoms with Crippen LogP contribution in [0.4, 0.5) is 10.5 Å². The van der Waals surface area contributed by atoms with E-state index in [1.165, 1.54) is 21.3 Å². The molecule has 0 saturated carbocycles. The first-order chi connectivity index (χ1) is 14.6. The molecule has 0 bridgehead atoms. The summed E-state index contributed by atoms with van der Waals surface area (Å²) in [7, 11) is 4.57. The largest absolute Gasteiger partial charge is 0.493 e. The summed E-state index contributed by atoms with van der Waals surface area (Å²) >= 11 is 0. The third-order valence-corrected chi connectivity index (χ3v) is 4.23. The Bertz CT molecular complexity index is 815. The van der Waals surface area contributed by atoms with E-state index in [-0.39, 0.29) is 6.03 Å². The minimum absolute atomic E-state index is 0.333. The highest BCUT2D eigenvalue weighted by Crippen LogP contribution is 2.39. The fourth-order valence-electron chi connectivity index (χ4n) is 2.90. The highest BCUT2D eigenvalue weighted by Gasteiger charge is 2.14. The first-order valence-electron chi connectivity index (χ1n) is 9.79. The summed E-state index contributed by atoms with van der Waals surface area (Å²) in [5.74, 6) is 2.82. The number of hydrogen-bond acceptors (Lipinski definition) is 6. The van der Waals surface area contributed by atoms with Crippen LogP contribution in [0, 0.1) is 0 Å². The van der Waals surface area contributed by atoms with Crippen molar-refractivity contribution >= 4 is 11.7 Å². The summed E-state index contributed by atoms with van der Waals surface area (Å²) in [4.78, 5) is 12.3. The second-order valence-electron chi connectivity index (χ2n) is 6.19. The lowest BCUT2D eigenvalue weighted by atomic mass is 10.1. The molecule has 0 spiro atoms. The average molecular weight is 418 g/mol. The Morgan fingerprint density at radius 2 is 1.47 bits per heavy atom. The summed E-state index contributed by atoms with van der Waals surface area (Å²) in [5.41, 5.74) is 1.57. The van der Waals surface area contributed by atoms with Crippen LogP contribution in [0.2, 0.25) is 0 Å². The molecule has 2 N–H and O–H groups in total. The van der Waals surface area contributed by atoms with E-state index in [0.29, 0.717) is 54.9 Å². The number of carbonyl (C=O) groups is 1. The molecule has 8 heteroatoms. The van der Waals surface area contributed by atoms with Crippen molar-refractivity contribution in [2.45, 2.75) is 20.3 Å². The predicted molar refractivity (Wildman–Crippen MR) is 116 cm³/mol. The molecule has 0 radical (unpaired) electrons. The van der Waals surface area contributed by atoms with Crippen LogP contribution in [-0.2, 0) is 6.42 Å². The average Bonchev–Trinajstić information content (AvgIpc) is 2.75. The molecule has 0 fully saturated rings. The van der Waals surface area contributed by atoms with Gasteiger partial charge in [-0.3, -0.25) is 0 Å². The second kappa shape index (κ2) is 11.6. The number of methoxy groups -OCH3 is 3. The van der Waals surface area contributed by atoms with Gasteiger partial charge in [-0.25, -0.2) is 4.79 Å². The van der Waals surface area contributed by atoms with Crippen molar-refractivity contribution in [3.8, 4) is 28.7 Å². The number of benzene rings is 2. The van der Waals surface area contributed by atoms with Crippen LogP contribution < -0.4 is 34.3 Å². The normalized spacial score (nSPS) is 10.2. The monoisotopic (exact) mass is 418 g/mol. The van der Waals surface area contributed by atoms with Gasteiger partial charge in [0.05, 0.1) is 40.2 Å². The molecule has 164 valence electrons. The lowest BCUT2D eigenvalue weighted by molar-refractivity contribution is 0.252. The quantitative estimate of drug-likeness (QED) is 0.576. The Morgan fingerprint density at radius 1 is 0.833 bits per heavy atom. The van der Waals surface area contributed by atoms with E-state index in [1.807, 2.05) is 32.0 Å². The molecule has 0 unspecified atom stereocenters. The number of nitrogens with one attached hydrogen (secondary N) is 2. The van der Waals surface area contributed by atoms with Gasteiger partial charge in [-0.1, -0.05) is 6.07 Å². The topological polar surface area (TPSA) is 87.3 Å².